The first-order valence-corrected chi connectivity index (χ1v) is 5.25. The number of carbonyl (C=O) groups excluding carboxylic acids is 2. The molecule has 0 aliphatic rings. The fourth-order valence-electron chi connectivity index (χ4n) is 1.31. The summed E-state index contributed by atoms with van der Waals surface area (Å²) in [5.74, 6) is -0.300. The first-order chi connectivity index (χ1) is 7.52. The third-order valence-corrected chi connectivity index (χ3v) is 2.57. The number of amides is 3. The van der Waals surface area contributed by atoms with Gasteiger partial charge in [0.2, 0.25) is 5.91 Å². The van der Waals surface area contributed by atoms with Gasteiger partial charge in [-0.2, -0.15) is 5.26 Å². The van der Waals surface area contributed by atoms with Crippen molar-refractivity contribution in [3.8, 4) is 6.07 Å². The molecule has 0 aromatic heterocycles. The predicted molar refractivity (Wildman–Crippen MR) is 59.2 cm³/mol. The fourth-order valence-corrected chi connectivity index (χ4v) is 1.31. The average molecular weight is 226 g/mol. The molecule has 0 saturated carbocycles. The molecular formula is C10H18N4O2. The molecule has 0 heterocycles. The van der Waals surface area contributed by atoms with Crippen LogP contribution in [0.25, 0.3) is 0 Å². The Bertz CT molecular complexity index is 292. The summed E-state index contributed by atoms with van der Waals surface area (Å²) >= 11 is 0. The Kier molecular flexibility index (Phi) is 5.93. The molecular weight excluding hydrogens is 208 g/mol. The number of hydrogen-bond donors (Lipinski definition) is 3. The van der Waals surface area contributed by atoms with Crippen molar-refractivity contribution in [2.45, 2.75) is 26.7 Å². The molecule has 0 spiro atoms. The lowest BCUT2D eigenvalue weighted by molar-refractivity contribution is -0.128. The molecule has 4 N–H and O–H groups in total. The van der Waals surface area contributed by atoms with Crippen LogP contribution in [0.15, 0.2) is 0 Å². The van der Waals surface area contributed by atoms with Crippen molar-refractivity contribution in [1.29, 1.82) is 5.26 Å². The van der Waals surface area contributed by atoms with E-state index in [4.69, 9.17) is 11.0 Å². The molecule has 3 amide bonds. The highest BCUT2D eigenvalue weighted by molar-refractivity contribution is 5.85. The van der Waals surface area contributed by atoms with Gasteiger partial charge in [0.05, 0.1) is 6.07 Å². The van der Waals surface area contributed by atoms with Gasteiger partial charge in [0.25, 0.3) is 0 Å². The zero-order valence-electron chi connectivity index (χ0n) is 9.67. The van der Waals surface area contributed by atoms with Crippen LogP contribution in [0.5, 0.6) is 0 Å². The first-order valence-electron chi connectivity index (χ1n) is 5.25. The van der Waals surface area contributed by atoms with Gasteiger partial charge in [-0.3, -0.25) is 4.79 Å². The van der Waals surface area contributed by atoms with Gasteiger partial charge < -0.3 is 16.4 Å². The molecule has 6 nitrogen and oxygen atoms in total. The van der Waals surface area contributed by atoms with Gasteiger partial charge >= 0.3 is 6.03 Å². The summed E-state index contributed by atoms with van der Waals surface area (Å²) in [6.45, 7) is 4.13. The molecule has 0 atom stereocenters. The maximum atomic E-state index is 11.7. The van der Waals surface area contributed by atoms with Crippen LogP contribution in [0.3, 0.4) is 0 Å². The van der Waals surface area contributed by atoms with E-state index in [-0.39, 0.29) is 19.0 Å². The van der Waals surface area contributed by atoms with Crippen molar-refractivity contribution < 1.29 is 9.59 Å². The number of rotatable bonds is 6. The van der Waals surface area contributed by atoms with Crippen molar-refractivity contribution in [1.82, 2.24) is 10.6 Å². The van der Waals surface area contributed by atoms with Crippen LogP contribution < -0.4 is 16.4 Å². The number of nitriles is 1. The number of nitrogens with two attached hydrogens (primary N) is 1. The molecule has 0 aromatic carbocycles. The van der Waals surface area contributed by atoms with Crippen molar-refractivity contribution >= 4 is 11.9 Å². The Morgan fingerprint density at radius 3 is 2.12 bits per heavy atom. The summed E-state index contributed by atoms with van der Waals surface area (Å²) in [5.41, 5.74) is 3.89. The number of primary amides is 1. The highest BCUT2D eigenvalue weighted by atomic mass is 16.2. The predicted octanol–water partition coefficient (Wildman–Crippen LogP) is 0.101. The van der Waals surface area contributed by atoms with Crippen molar-refractivity contribution in [2.75, 3.05) is 13.1 Å². The van der Waals surface area contributed by atoms with Crippen LogP contribution in [-0.4, -0.2) is 25.0 Å². The van der Waals surface area contributed by atoms with Crippen LogP contribution in [0.4, 0.5) is 4.79 Å². The summed E-state index contributed by atoms with van der Waals surface area (Å²) in [7, 11) is 0. The number of carbonyl (C=O) groups is 2. The van der Waals surface area contributed by atoms with E-state index in [0.29, 0.717) is 12.8 Å². The third-order valence-electron chi connectivity index (χ3n) is 2.57. The largest absolute Gasteiger partial charge is 0.353 e. The molecule has 0 unspecified atom stereocenters. The molecule has 0 fully saturated rings. The third kappa shape index (κ3) is 3.77. The van der Waals surface area contributed by atoms with E-state index in [2.05, 4.69) is 10.6 Å². The minimum Gasteiger partial charge on any atom is -0.353 e. The van der Waals surface area contributed by atoms with Crippen LogP contribution >= 0.6 is 0 Å². The molecule has 0 bridgehead atoms. The summed E-state index contributed by atoms with van der Waals surface area (Å²) in [4.78, 5) is 22.1. The number of hydrogen-bond acceptors (Lipinski definition) is 3. The summed E-state index contributed by atoms with van der Waals surface area (Å²) < 4.78 is 0. The maximum absolute atomic E-state index is 11.7. The Hall–Kier alpha value is -1.77. The highest BCUT2D eigenvalue weighted by Gasteiger charge is 2.34. The van der Waals surface area contributed by atoms with Gasteiger partial charge in [-0.05, 0) is 12.8 Å². The van der Waals surface area contributed by atoms with Crippen LogP contribution in [0.2, 0.25) is 0 Å². The van der Waals surface area contributed by atoms with Gasteiger partial charge in [0.15, 0.2) is 0 Å². The molecule has 90 valence electrons. The number of urea groups is 1. The standard InChI is InChI=1S/C10H18N4O2/c1-3-10(4-2,7-11)8(15)13-5-6-14-9(12)16/h3-6H2,1-2H3,(H,13,15)(H3,12,14,16). The lowest BCUT2D eigenvalue weighted by Crippen LogP contribution is -2.43. The minimum absolute atomic E-state index is 0.260. The van der Waals surface area contributed by atoms with Crippen molar-refractivity contribution in [2.24, 2.45) is 11.1 Å². The van der Waals surface area contributed by atoms with Gasteiger partial charge in [0.1, 0.15) is 5.41 Å². The van der Waals surface area contributed by atoms with Crippen LogP contribution in [0, 0.1) is 16.7 Å². The van der Waals surface area contributed by atoms with E-state index < -0.39 is 11.4 Å². The van der Waals surface area contributed by atoms with Gasteiger partial charge in [-0.15, -0.1) is 0 Å². The van der Waals surface area contributed by atoms with Crippen molar-refractivity contribution in [3.05, 3.63) is 0 Å². The summed E-state index contributed by atoms with van der Waals surface area (Å²) in [6.07, 6.45) is 0.935. The first kappa shape index (κ1) is 14.2. The minimum atomic E-state index is -0.966. The number of nitrogens with one attached hydrogen (secondary N) is 2. The maximum Gasteiger partial charge on any atom is 0.312 e. The van der Waals surface area contributed by atoms with Crippen LogP contribution in [-0.2, 0) is 4.79 Å². The molecule has 0 radical (unpaired) electrons. The summed E-state index contributed by atoms with van der Waals surface area (Å²) in [5, 5.41) is 13.9. The highest BCUT2D eigenvalue weighted by Crippen LogP contribution is 2.25. The lowest BCUT2D eigenvalue weighted by Gasteiger charge is -2.22. The fraction of sp³-hybridized carbons (Fsp3) is 0.700. The lowest BCUT2D eigenvalue weighted by atomic mass is 9.83. The quantitative estimate of drug-likeness (QED) is 0.559. The van der Waals surface area contributed by atoms with Gasteiger partial charge in [-0.1, -0.05) is 13.8 Å². The zero-order valence-corrected chi connectivity index (χ0v) is 9.67. The van der Waals surface area contributed by atoms with E-state index >= 15 is 0 Å². The Morgan fingerprint density at radius 2 is 1.75 bits per heavy atom. The topological polar surface area (TPSA) is 108 Å². The SMILES string of the molecule is CCC(C#N)(CC)C(=O)NCCNC(N)=O. The van der Waals surface area contributed by atoms with Gasteiger partial charge in [0, 0.05) is 13.1 Å². The molecule has 6 heteroatoms. The Morgan fingerprint density at radius 1 is 1.25 bits per heavy atom. The molecule has 0 aromatic rings. The second-order valence-electron chi connectivity index (χ2n) is 3.45. The smallest absolute Gasteiger partial charge is 0.312 e. The van der Waals surface area contributed by atoms with E-state index in [1.165, 1.54) is 0 Å². The summed E-state index contributed by atoms with van der Waals surface area (Å²) in [6, 6.07) is 1.41. The normalized spacial score (nSPS) is 10.3. The van der Waals surface area contributed by atoms with E-state index in [0.717, 1.165) is 0 Å². The second kappa shape index (κ2) is 6.67. The molecule has 0 rings (SSSR count). The molecule has 16 heavy (non-hydrogen) atoms. The van der Waals surface area contributed by atoms with Crippen LogP contribution in [0.1, 0.15) is 26.7 Å². The second-order valence-corrected chi connectivity index (χ2v) is 3.45. The number of nitrogens with zero attached hydrogens (tertiary/aromatic N) is 1. The van der Waals surface area contributed by atoms with E-state index in [1.54, 1.807) is 13.8 Å². The molecule has 0 saturated heterocycles. The monoisotopic (exact) mass is 226 g/mol. The van der Waals surface area contributed by atoms with E-state index in [9.17, 15) is 9.59 Å². The average Bonchev–Trinajstić information content (AvgIpc) is 2.27. The van der Waals surface area contributed by atoms with Crippen molar-refractivity contribution in [3.63, 3.8) is 0 Å². The Labute approximate surface area is 95.2 Å². The molecule has 0 aliphatic carbocycles. The molecule has 0 aliphatic heterocycles. The van der Waals surface area contributed by atoms with Gasteiger partial charge in [-0.25, -0.2) is 4.79 Å². The zero-order chi connectivity index (χ0) is 12.6. The Balaban J connectivity index is 4.14. The van der Waals surface area contributed by atoms with E-state index in [1.807, 2.05) is 6.07 Å².